The first-order chi connectivity index (χ1) is 8.22. The maximum atomic E-state index is 5.60. The average molecular weight is 266 g/mol. The molecular formula is C13H16ClN3O. The number of ether oxygens (including phenoxy) is 1. The number of benzene rings is 1. The van der Waals surface area contributed by atoms with Gasteiger partial charge in [0.05, 0.1) is 18.5 Å². The number of nitrogens with zero attached hydrogens (tertiary/aromatic N) is 2. The first-order valence-corrected chi connectivity index (χ1v) is 5.42. The predicted octanol–water partition coefficient (Wildman–Crippen LogP) is 2.34. The summed E-state index contributed by atoms with van der Waals surface area (Å²) in [7, 11) is 1.65. The molecule has 18 heavy (non-hydrogen) atoms. The Balaban J connectivity index is 0.00000162. The highest BCUT2D eigenvalue weighted by atomic mass is 35.5. The molecule has 0 atom stereocenters. The topological polar surface area (TPSA) is 61.0 Å². The van der Waals surface area contributed by atoms with E-state index in [2.05, 4.69) is 9.97 Å². The molecule has 2 aromatic rings. The van der Waals surface area contributed by atoms with Crippen molar-refractivity contribution in [2.24, 2.45) is 5.73 Å². The van der Waals surface area contributed by atoms with Gasteiger partial charge in [0.2, 0.25) is 0 Å². The van der Waals surface area contributed by atoms with Crippen LogP contribution < -0.4 is 10.5 Å². The van der Waals surface area contributed by atoms with Crippen LogP contribution in [-0.4, -0.2) is 17.1 Å². The van der Waals surface area contributed by atoms with E-state index in [1.807, 2.05) is 37.3 Å². The molecule has 0 saturated carbocycles. The molecule has 5 heteroatoms. The number of aromatic nitrogens is 2. The van der Waals surface area contributed by atoms with Gasteiger partial charge in [-0.2, -0.15) is 0 Å². The number of aryl methyl sites for hydroxylation is 1. The molecule has 4 nitrogen and oxygen atoms in total. The Morgan fingerprint density at radius 1 is 1.17 bits per heavy atom. The van der Waals surface area contributed by atoms with Crippen molar-refractivity contribution in [3.8, 4) is 17.0 Å². The van der Waals surface area contributed by atoms with E-state index in [-0.39, 0.29) is 12.4 Å². The average Bonchev–Trinajstić information content (AvgIpc) is 2.38. The zero-order valence-electron chi connectivity index (χ0n) is 10.4. The minimum absolute atomic E-state index is 0. The Kier molecular flexibility index (Phi) is 5.07. The van der Waals surface area contributed by atoms with Crippen LogP contribution in [0.25, 0.3) is 11.3 Å². The smallest absolute Gasteiger partial charge is 0.126 e. The van der Waals surface area contributed by atoms with Gasteiger partial charge in [-0.05, 0) is 37.3 Å². The third-order valence-electron chi connectivity index (χ3n) is 2.49. The molecule has 1 heterocycles. The van der Waals surface area contributed by atoms with Crippen molar-refractivity contribution in [1.82, 2.24) is 9.97 Å². The van der Waals surface area contributed by atoms with Crippen LogP contribution in [0, 0.1) is 6.92 Å². The van der Waals surface area contributed by atoms with Crippen molar-refractivity contribution in [2.75, 3.05) is 7.11 Å². The van der Waals surface area contributed by atoms with Crippen molar-refractivity contribution >= 4 is 12.4 Å². The summed E-state index contributed by atoms with van der Waals surface area (Å²) in [5.74, 6) is 1.57. The number of rotatable bonds is 3. The second-order valence-electron chi connectivity index (χ2n) is 3.72. The first-order valence-electron chi connectivity index (χ1n) is 5.42. The molecule has 0 bridgehead atoms. The zero-order chi connectivity index (χ0) is 12.3. The van der Waals surface area contributed by atoms with Gasteiger partial charge in [0.15, 0.2) is 0 Å². The Morgan fingerprint density at radius 3 is 2.39 bits per heavy atom. The van der Waals surface area contributed by atoms with Gasteiger partial charge in [0.1, 0.15) is 11.6 Å². The van der Waals surface area contributed by atoms with Gasteiger partial charge in [0.25, 0.3) is 0 Å². The standard InChI is InChI=1S/C13H15N3O.ClH/c1-9-15-11(8-14)7-13(16-9)10-3-5-12(17-2)6-4-10;/h3-7H,8,14H2,1-2H3;1H. The summed E-state index contributed by atoms with van der Waals surface area (Å²) in [4.78, 5) is 8.65. The lowest BCUT2D eigenvalue weighted by molar-refractivity contribution is 0.415. The predicted molar refractivity (Wildman–Crippen MR) is 73.9 cm³/mol. The first kappa shape index (κ1) is 14.4. The molecule has 0 saturated heterocycles. The summed E-state index contributed by atoms with van der Waals surface area (Å²) in [6.07, 6.45) is 0. The van der Waals surface area contributed by atoms with Crippen LogP contribution in [0.5, 0.6) is 5.75 Å². The molecule has 0 fully saturated rings. The van der Waals surface area contributed by atoms with Gasteiger partial charge in [-0.3, -0.25) is 0 Å². The summed E-state index contributed by atoms with van der Waals surface area (Å²) in [6, 6.07) is 9.68. The summed E-state index contributed by atoms with van der Waals surface area (Å²) in [6.45, 7) is 2.29. The summed E-state index contributed by atoms with van der Waals surface area (Å²) in [5.41, 5.74) is 8.37. The number of halogens is 1. The monoisotopic (exact) mass is 265 g/mol. The molecule has 0 aliphatic rings. The molecule has 1 aromatic carbocycles. The van der Waals surface area contributed by atoms with E-state index in [4.69, 9.17) is 10.5 Å². The third kappa shape index (κ3) is 3.18. The van der Waals surface area contributed by atoms with E-state index < -0.39 is 0 Å². The van der Waals surface area contributed by atoms with Crippen LogP contribution in [0.2, 0.25) is 0 Å². The molecule has 2 N–H and O–H groups in total. The van der Waals surface area contributed by atoms with Gasteiger partial charge in [-0.15, -0.1) is 12.4 Å². The molecule has 0 amide bonds. The maximum absolute atomic E-state index is 5.60. The highest BCUT2D eigenvalue weighted by molar-refractivity contribution is 5.85. The van der Waals surface area contributed by atoms with Crippen LogP contribution in [0.4, 0.5) is 0 Å². The van der Waals surface area contributed by atoms with Gasteiger partial charge >= 0.3 is 0 Å². The van der Waals surface area contributed by atoms with Crippen molar-refractivity contribution in [3.63, 3.8) is 0 Å². The van der Waals surface area contributed by atoms with E-state index in [1.54, 1.807) is 7.11 Å². The Hall–Kier alpha value is -1.65. The van der Waals surface area contributed by atoms with E-state index in [9.17, 15) is 0 Å². The van der Waals surface area contributed by atoms with Gasteiger partial charge in [-0.1, -0.05) is 0 Å². The molecule has 1 aromatic heterocycles. The number of nitrogens with two attached hydrogens (primary N) is 1. The van der Waals surface area contributed by atoms with Crippen LogP contribution in [0.15, 0.2) is 30.3 Å². The molecular weight excluding hydrogens is 250 g/mol. The SMILES string of the molecule is COc1ccc(-c2cc(CN)nc(C)n2)cc1.Cl. The molecule has 0 unspecified atom stereocenters. The third-order valence-corrected chi connectivity index (χ3v) is 2.49. The van der Waals surface area contributed by atoms with Gasteiger partial charge in [0, 0.05) is 12.1 Å². The fraction of sp³-hybridized carbons (Fsp3) is 0.231. The van der Waals surface area contributed by atoms with Gasteiger partial charge in [-0.25, -0.2) is 9.97 Å². The Morgan fingerprint density at radius 2 is 1.83 bits per heavy atom. The minimum Gasteiger partial charge on any atom is -0.497 e. The summed E-state index contributed by atoms with van der Waals surface area (Å²) in [5, 5.41) is 0. The van der Waals surface area contributed by atoms with Crippen molar-refractivity contribution in [2.45, 2.75) is 13.5 Å². The Labute approximate surface area is 113 Å². The largest absolute Gasteiger partial charge is 0.497 e. The molecule has 96 valence electrons. The number of hydrogen-bond acceptors (Lipinski definition) is 4. The van der Waals surface area contributed by atoms with E-state index in [1.165, 1.54) is 0 Å². The van der Waals surface area contributed by atoms with Crippen LogP contribution in [0.3, 0.4) is 0 Å². The summed E-state index contributed by atoms with van der Waals surface area (Å²) >= 11 is 0. The second-order valence-corrected chi connectivity index (χ2v) is 3.72. The van der Waals surface area contributed by atoms with Crippen LogP contribution in [-0.2, 0) is 6.54 Å². The number of hydrogen-bond donors (Lipinski definition) is 1. The molecule has 0 aliphatic carbocycles. The van der Waals surface area contributed by atoms with Crippen LogP contribution in [0.1, 0.15) is 11.5 Å². The van der Waals surface area contributed by atoms with E-state index in [0.29, 0.717) is 6.54 Å². The van der Waals surface area contributed by atoms with Crippen molar-refractivity contribution in [3.05, 3.63) is 41.9 Å². The van der Waals surface area contributed by atoms with Crippen LogP contribution >= 0.6 is 12.4 Å². The lowest BCUT2D eigenvalue weighted by atomic mass is 10.1. The van der Waals surface area contributed by atoms with E-state index in [0.717, 1.165) is 28.5 Å². The highest BCUT2D eigenvalue weighted by Gasteiger charge is 2.03. The molecule has 0 radical (unpaired) electrons. The Bertz CT molecular complexity index is 514. The second kappa shape index (κ2) is 6.33. The fourth-order valence-corrected chi connectivity index (χ4v) is 1.64. The van der Waals surface area contributed by atoms with Gasteiger partial charge < -0.3 is 10.5 Å². The van der Waals surface area contributed by atoms with Crippen molar-refractivity contribution < 1.29 is 4.74 Å². The number of methoxy groups -OCH3 is 1. The van der Waals surface area contributed by atoms with Crippen molar-refractivity contribution in [1.29, 1.82) is 0 Å². The fourth-order valence-electron chi connectivity index (χ4n) is 1.64. The normalized spacial score (nSPS) is 9.72. The quantitative estimate of drug-likeness (QED) is 0.925. The maximum Gasteiger partial charge on any atom is 0.126 e. The molecule has 0 spiro atoms. The summed E-state index contributed by atoms with van der Waals surface area (Å²) < 4.78 is 5.12. The van der Waals surface area contributed by atoms with E-state index >= 15 is 0 Å². The highest BCUT2D eigenvalue weighted by Crippen LogP contribution is 2.21. The lowest BCUT2D eigenvalue weighted by Gasteiger charge is -2.05. The lowest BCUT2D eigenvalue weighted by Crippen LogP contribution is -2.03. The minimum atomic E-state index is 0. The molecule has 2 rings (SSSR count). The molecule has 0 aliphatic heterocycles. The zero-order valence-corrected chi connectivity index (χ0v) is 11.2.